The van der Waals surface area contributed by atoms with Crippen molar-refractivity contribution in [2.45, 2.75) is 18.8 Å². The maximum atomic E-state index is 13.7. The van der Waals surface area contributed by atoms with Crippen LogP contribution < -0.4 is 9.62 Å². The second-order valence-electron chi connectivity index (χ2n) is 10.5. The van der Waals surface area contributed by atoms with Gasteiger partial charge in [0.15, 0.2) is 0 Å². The van der Waals surface area contributed by atoms with Gasteiger partial charge >= 0.3 is 0 Å². The van der Waals surface area contributed by atoms with Gasteiger partial charge in [-0.05, 0) is 66.9 Å². The lowest BCUT2D eigenvalue weighted by Crippen LogP contribution is -2.39. The number of rotatable bonds is 6. The predicted octanol–water partition coefficient (Wildman–Crippen LogP) is 6.95. The van der Waals surface area contributed by atoms with Gasteiger partial charge in [-0.1, -0.05) is 11.9 Å². The normalized spacial score (nSPS) is 15.4. The number of furan rings is 1. The molecule has 0 aliphatic carbocycles. The van der Waals surface area contributed by atoms with Crippen LogP contribution in [0.4, 0.5) is 14.5 Å². The van der Waals surface area contributed by atoms with Crippen LogP contribution in [0.1, 0.15) is 45.0 Å². The SMILES string of the molecule is CNC(=O)c1c(-c2ccc(F)cc2)oc2cc(N(C)SC)c([C@H]3CCCN(C(=O)c4c[nH]c5cc(F)ccc45)C3)cc12. The fraction of sp³-hybridized carbons (Fsp3) is 0.250. The Kier molecular flexibility index (Phi) is 7.40. The number of amides is 2. The number of anilines is 1. The lowest BCUT2D eigenvalue weighted by Gasteiger charge is -2.35. The number of fused-ring (bicyclic) bond motifs is 2. The Hall–Kier alpha value is -4.31. The van der Waals surface area contributed by atoms with E-state index in [1.807, 2.05) is 34.6 Å². The Bertz CT molecular complexity index is 1810. The fourth-order valence-corrected chi connectivity index (χ4v) is 6.22. The molecule has 1 fully saturated rings. The quantitative estimate of drug-likeness (QED) is 0.210. The zero-order valence-electron chi connectivity index (χ0n) is 23.5. The molecule has 6 rings (SSSR count). The van der Waals surface area contributed by atoms with Gasteiger partial charge in [0.05, 0.1) is 16.8 Å². The summed E-state index contributed by atoms with van der Waals surface area (Å²) in [5, 5.41) is 4.06. The van der Waals surface area contributed by atoms with E-state index in [0.29, 0.717) is 57.4 Å². The van der Waals surface area contributed by atoms with Gasteiger partial charge in [0.1, 0.15) is 23.0 Å². The number of carbonyl (C=O) groups excluding carboxylic acids is 2. The second-order valence-corrected chi connectivity index (χ2v) is 11.4. The summed E-state index contributed by atoms with van der Waals surface area (Å²) in [6.07, 6.45) is 5.30. The van der Waals surface area contributed by atoms with Gasteiger partial charge in [-0.3, -0.25) is 9.59 Å². The average Bonchev–Trinajstić information content (AvgIpc) is 3.60. The smallest absolute Gasteiger partial charge is 0.256 e. The first-order valence-corrected chi connectivity index (χ1v) is 14.9. The molecule has 1 saturated heterocycles. The zero-order chi connectivity index (χ0) is 29.5. The number of hydrogen-bond donors (Lipinski definition) is 2. The molecule has 2 amide bonds. The highest BCUT2D eigenvalue weighted by atomic mass is 32.2. The molecule has 42 heavy (non-hydrogen) atoms. The van der Waals surface area contributed by atoms with Crippen LogP contribution in [-0.4, -0.2) is 55.1 Å². The van der Waals surface area contributed by atoms with Crippen LogP contribution in [0.15, 0.2) is 65.2 Å². The van der Waals surface area contributed by atoms with Crippen LogP contribution in [0, 0.1) is 11.6 Å². The van der Waals surface area contributed by atoms with Crippen molar-refractivity contribution in [1.82, 2.24) is 15.2 Å². The third-order valence-corrected chi connectivity index (χ3v) is 8.78. The van der Waals surface area contributed by atoms with Crippen molar-refractivity contribution in [3.8, 4) is 11.3 Å². The molecule has 3 heterocycles. The first kappa shape index (κ1) is 27.8. The standard InChI is InChI=1S/C32H30F2N4O3S/c1-35-31(39)29-24-14-23(27(37(2)42-3)15-28(24)41-30(29)18-6-8-20(33)9-7-18)19-5-4-12-38(17-19)32(40)25-16-36-26-13-21(34)10-11-22(25)26/h6-11,13-16,19,36H,4-5,12,17H2,1-3H3,(H,35,39)/t19-/m0/s1. The molecule has 1 aliphatic heterocycles. The van der Waals surface area contributed by atoms with Gasteiger partial charge < -0.3 is 23.9 Å². The van der Waals surface area contributed by atoms with E-state index in [2.05, 4.69) is 10.3 Å². The van der Waals surface area contributed by atoms with E-state index in [9.17, 15) is 18.4 Å². The molecule has 0 spiro atoms. The monoisotopic (exact) mass is 588 g/mol. The van der Waals surface area contributed by atoms with Crippen LogP contribution in [0.3, 0.4) is 0 Å². The molecule has 2 N–H and O–H groups in total. The summed E-state index contributed by atoms with van der Waals surface area (Å²) in [5.74, 6) is -0.775. The minimum Gasteiger partial charge on any atom is -0.455 e. The van der Waals surface area contributed by atoms with Crippen molar-refractivity contribution in [2.75, 3.05) is 37.7 Å². The molecule has 1 atom stereocenters. The summed E-state index contributed by atoms with van der Waals surface area (Å²) >= 11 is 1.55. The van der Waals surface area contributed by atoms with E-state index in [4.69, 9.17) is 4.42 Å². The maximum absolute atomic E-state index is 13.7. The topological polar surface area (TPSA) is 81.6 Å². The third-order valence-electron chi connectivity index (χ3n) is 8.03. The zero-order valence-corrected chi connectivity index (χ0v) is 24.3. The van der Waals surface area contributed by atoms with E-state index < -0.39 is 0 Å². The van der Waals surface area contributed by atoms with Gasteiger partial charge in [-0.25, -0.2) is 8.78 Å². The minimum atomic E-state index is -0.376. The molecular weight excluding hydrogens is 558 g/mol. The molecule has 2 aromatic heterocycles. The highest BCUT2D eigenvalue weighted by Crippen LogP contribution is 2.42. The summed E-state index contributed by atoms with van der Waals surface area (Å²) in [5.41, 5.74) is 4.56. The number of halogens is 2. The number of benzene rings is 3. The summed E-state index contributed by atoms with van der Waals surface area (Å²) in [7, 11) is 3.53. The molecule has 0 radical (unpaired) electrons. The number of nitrogens with one attached hydrogen (secondary N) is 2. The van der Waals surface area contributed by atoms with Crippen LogP contribution in [0.25, 0.3) is 33.2 Å². The van der Waals surface area contributed by atoms with Crippen molar-refractivity contribution in [2.24, 2.45) is 0 Å². The number of H-pyrrole nitrogens is 1. The number of nitrogens with zero attached hydrogens (tertiary/aromatic N) is 2. The van der Waals surface area contributed by atoms with Gasteiger partial charge in [0, 0.05) is 73.5 Å². The van der Waals surface area contributed by atoms with Crippen molar-refractivity contribution in [1.29, 1.82) is 0 Å². The van der Waals surface area contributed by atoms with Crippen LogP contribution >= 0.6 is 11.9 Å². The van der Waals surface area contributed by atoms with E-state index in [-0.39, 0.29) is 29.4 Å². The number of likely N-dealkylation sites (tertiary alicyclic amines) is 1. The van der Waals surface area contributed by atoms with E-state index in [1.165, 1.54) is 24.3 Å². The Morgan fingerprint density at radius 3 is 2.57 bits per heavy atom. The van der Waals surface area contributed by atoms with E-state index in [1.54, 1.807) is 43.4 Å². The second kappa shape index (κ2) is 11.2. The Labute approximate surface area is 246 Å². The molecule has 7 nitrogen and oxygen atoms in total. The molecule has 3 aromatic carbocycles. The highest BCUT2D eigenvalue weighted by molar-refractivity contribution is 7.99. The molecule has 10 heteroatoms. The van der Waals surface area contributed by atoms with E-state index in [0.717, 1.165) is 24.1 Å². The third kappa shape index (κ3) is 4.89. The number of carbonyl (C=O) groups is 2. The van der Waals surface area contributed by atoms with Gasteiger partial charge in [0.25, 0.3) is 11.8 Å². The van der Waals surface area contributed by atoms with Gasteiger partial charge in [-0.15, -0.1) is 0 Å². The molecule has 0 unspecified atom stereocenters. The summed E-state index contributed by atoms with van der Waals surface area (Å²) in [6.45, 7) is 1.11. The first-order valence-electron chi connectivity index (χ1n) is 13.7. The summed E-state index contributed by atoms with van der Waals surface area (Å²) < 4.78 is 35.7. The summed E-state index contributed by atoms with van der Waals surface area (Å²) in [4.78, 5) is 31.7. The number of hydrogen-bond acceptors (Lipinski definition) is 5. The van der Waals surface area contributed by atoms with Crippen LogP contribution in [-0.2, 0) is 0 Å². The number of piperidine rings is 1. The van der Waals surface area contributed by atoms with E-state index >= 15 is 0 Å². The maximum Gasteiger partial charge on any atom is 0.256 e. The molecule has 0 bridgehead atoms. The van der Waals surface area contributed by atoms with Crippen molar-refractivity contribution in [3.05, 3.63) is 89.1 Å². The lowest BCUT2D eigenvalue weighted by atomic mass is 9.87. The van der Waals surface area contributed by atoms with Crippen molar-refractivity contribution >= 4 is 51.3 Å². The minimum absolute atomic E-state index is 0.000981. The van der Waals surface area contributed by atoms with Crippen LogP contribution in [0.2, 0.25) is 0 Å². The first-order chi connectivity index (χ1) is 20.3. The molecule has 1 aliphatic rings. The van der Waals surface area contributed by atoms with Crippen molar-refractivity contribution in [3.63, 3.8) is 0 Å². The average molecular weight is 589 g/mol. The van der Waals surface area contributed by atoms with Gasteiger partial charge in [-0.2, -0.15) is 0 Å². The van der Waals surface area contributed by atoms with Gasteiger partial charge in [0.2, 0.25) is 0 Å². The molecular formula is C32H30F2N4O3S. The number of aromatic nitrogens is 1. The lowest BCUT2D eigenvalue weighted by molar-refractivity contribution is 0.0709. The van der Waals surface area contributed by atoms with Crippen LogP contribution in [0.5, 0.6) is 0 Å². The molecule has 0 saturated carbocycles. The number of aromatic amines is 1. The molecule has 216 valence electrons. The Morgan fingerprint density at radius 1 is 1.07 bits per heavy atom. The fourth-order valence-electron chi connectivity index (χ4n) is 5.86. The van der Waals surface area contributed by atoms with Crippen molar-refractivity contribution < 1.29 is 22.8 Å². The predicted molar refractivity (Wildman–Crippen MR) is 163 cm³/mol. The Morgan fingerprint density at radius 2 is 1.83 bits per heavy atom. The largest absolute Gasteiger partial charge is 0.455 e. The summed E-state index contributed by atoms with van der Waals surface area (Å²) in [6, 6.07) is 14.2. The Balaban J connectivity index is 1.42. The highest BCUT2D eigenvalue weighted by Gasteiger charge is 2.31. The molecule has 5 aromatic rings.